The second-order valence-electron chi connectivity index (χ2n) is 5.15. The lowest BCUT2D eigenvalue weighted by atomic mass is 10.2. The lowest BCUT2D eigenvalue weighted by Gasteiger charge is -2.11. The quantitative estimate of drug-likeness (QED) is 0.655. The van der Waals surface area contributed by atoms with Crippen LogP contribution in [0.4, 0.5) is 24.7 Å². The van der Waals surface area contributed by atoms with Crippen molar-refractivity contribution in [3.63, 3.8) is 0 Å². The maximum absolute atomic E-state index is 12.4. The van der Waals surface area contributed by atoms with Gasteiger partial charge in [0.2, 0.25) is 10.0 Å². The Morgan fingerprint density at radius 3 is 2.38 bits per heavy atom. The zero-order chi connectivity index (χ0) is 19.4. The maximum Gasteiger partial charge on any atom is 0.417 e. The average molecular weight is 385 g/mol. The number of rotatable bonds is 6. The molecule has 7 nitrogen and oxygen atoms in total. The van der Waals surface area contributed by atoms with Gasteiger partial charge in [0.1, 0.15) is 11.9 Å². The third kappa shape index (κ3) is 5.08. The molecular formula is C15H14F3N5O2S. The van der Waals surface area contributed by atoms with E-state index in [1.807, 2.05) is 6.07 Å². The molecule has 2 aromatic rings. The molecular weight excluding hydrogens is 371 g/mol. The zero-order valence-electron chi connectivity index (χ0n) is 13.2. The number of alkyl halides is 3. The molecule has 0 saturated heterocycles. The number of nitrogens with two attached hydrogens (primary N) is 1. The van der Waals surface area contributed by atoms with Gasteiger partial charge in [0.05, 0.1) is 21.7 Å². The average Bonchev–Trinajstić information content (AvgIpc) is 2.57. The number of sulfonamides is 1. The molecule has 0 atom stereocenters. The molecule has 1 aromatic heterocycles. The summed E-state index contributed by atoms with van der Waals surface area (Å²) in [6.45, 7) is 0.617. The molecule has 0 radical (unpaired) electrons. The van der Waals surface area contributed by atoms with Crippen molar-refractivity contribution in [3.8, 4) is 6.07 Å². The van der Waals surface area contributed by atoms with E-state index in [1.165, 1.54) is 18.2 Å². The smallest absolute Gasteiger partial charge is 0.382 e. The van der Waals surface area contributed by atoms with Crippen molar-refractivity contribution in [2.75, 3.05) is 23.7 Å². The molecule has 26 heavy (non-hydrogen) atoms. The first-order chi connectivity index (χ1) is 12.1. The Morgan fingerprint density at radius 1 is 1.15 bits per heavy atom. The number of aromatic nitrogens is 1. The van der Waals surface area contributed by atoms with E-state index in [0.717, 1.165) is 18.3 Å². The maximum atomic E-state index is 12.4. The van der Waals surface area contributed by atoms with Crippen LogP contribution in [0.2, 0.25) is 0 Å². The van der Waals surface area contributed by atoms with Gasteiger partial charge in [-0.1, -0.05) is 0 Å². The predicted molar refractivity (Wildman–Crippen MR) is 88.7 cm³/mol. The number of nitrogens with one attached hydrogen (secondary N) is 2. The number of benzene rings is 1. The van der Waals surface area contributed by atoms with E-state index in [4.69, 9.17) is 10.4 Å². The zero-order valence-corrected chi connectivity index (χ0v) is 14.0. The lowest BCUT2D eigenvalue weighted by molar-refractivity contribution is -0.137. The molecule has 0 aliphatic rings. The molecule has 0 unspecified atom stereocenters. The van der Waals surface area contributed by atoms with E-state index in [1.54, 1.807) is 0 Å². The van der Waals surface area contributed by atoms with E-state index in [0.29, 0.717) is 18.8 Å². The van der Waals surface area contributed by atoms with Crippen molar-refractivity contribution < 1.29 is 21.6 Å². The van der Waals surface area contributed by atoms with Crippen molar-refractivity contribution in [2.24, 2.45) is 5.14 Å². The summed E-state index contributed by atoms with van der Waals surface area (Å²) < 4.78 is 59.9. The van der Waals surface area contributed by atoms with Gasteiger partial charge in [0, 0.05) is 19.3 Å². The van der Waals surface area contributed by atoms with Gasteiger partial charge in [-0.2, -0.15) is 18.4 Å². The normalized spacial score (nSPS) is 11.7. The Balaban J connectivity index is 1.93. The van der Waals surface area contributed by atoms with Crippen LogP contribution in [0.1, 0.15) is 11.1 Å². The number of nitrogens with zero attached hydrogens (tertiary/aromatic N) is 2. The van der Waals surface area contributed by atoms with E-state index in [9.17, 15) is 21.6 Å². The fourth-order valence-corrected chi connectivity index (χ4v) is 2.54. The van der Waals surface area contributed by atoms with Crippen LogP contribution in [-0.4, -0.2) is 26.5 Å². The van der Waals surface area contributed by atoms with E-state index >= 15 is 0 Å². The third-order valence-corrected chi connectivity index (χ3v) is 4.19. The molecule has 0 fully saturated rings. The van der Waals surface area contributed by atoms with Crippen LogP contribution < -0.4 is 15.8 Å². The van der Waals surface area contributed by atoms with E-state index in [-0.39, 0.29) is 16.3 Å². The van der Waals surface area contributed by atoms with Gasteiger partial charge in [-0.05, 0) is 30.3 Å². The lowest BCUT2D eigenvalue weighted by Crippen LogP contribution is -2.16. The highest BCUT2D eigenvalue weighted by molar-refractivity contribution is 7.89. The second kappa shape index (κ2) is 7.59. The summed E-state index contributed by atoms with van der Waals surface area (Å²) in [5.74, 6) is 0.268. The van der Waals surface area contributed by atoms with Crippen molar-refractivity contribution in [2.45, 2.75) is 11.1 Å². The van der Waals surface area contributed by atoms with Crippen LogP contribution in [0.15, 0.2) is 41.4 Å². The van der Waals surface area contributed by atoms with Crippen LogP contribution in [0.3, 0.4) is 0 Å². The minimum atomic E-state index is -4.44. The van der Waals surface area contributed by atoms with Crippen LogP contribution in [0.5, 0.6) is 0 Å². The highest BCUT2D eigenvalue weighted by Gasteiger charge is 2.30. The Bertz CT molecular complexity index is 922. The predicted octanol–water partition coefficient (Wildman–Crippen LogP) is 2.14. The Morgan fingerprint density at radius 2 is 1.85 bits per heavy atom. The minimum absolute atomic E-state index is 0.101. The molecule has 0 saturated carbocycles. The third-order valence-electron chi connectivity index (χ3n) is 3.28. The summed E-state index contributed by atoms with van der Waals surface area (Å²) in [7, 11) is -3.91. The fourth-order valence-electron chi connectivity index (χ4n) is 2.00. The standard InChI is InChI=1S/C15H14F3N5O2S/c16-15(17,18)11-1-4-14(23-9-11)22-6-5-21-13-3-2-12(26(20,24)25)7-10(13)8-19/h1-4,7,9,21H,5-6H2,(H,22,23)(H2,20,24,25). The number of nitriles is 1. The molecule has 0 spiro atoms. The minimum Gasteiger partial charge on any atom is -0.382 e. The first-order valence-electron chi connectivity index (χ1n) is 7.19. The SMILES string of the molecule is N#Cc1cc(S(N)(=O)=O)ccc1NCCNc1ccc(C(F)(F)F)cn1. The molecule has 0 aliphatic carbocycles. The summed E-state index contributed by atoms with van der Waals surface area (Å²) in [6.07, 6.45) is -3.71. The van der Waals surface area contributed by atoms with Gasteiger partial charge >= 0.3 is 6.18 Å². The van der Waals surface area contributed by atoms with Crippen LogP contribution in [0.25, 0.3) is 0 Å². The summed E-state index contributed by atoms with van der Waals surface area (Å²) >= 11 is 0. The summed E-state index contributed by atoms with van der Waals surface area (Å²) in [5.41, 5.74) is -0.332. The van der Waals surface area contributed by atoms with Crippen molar-refractivity contribution >= 4 is 21.5 Å². The van der Waals surface area contributed by atoms with Crippen LogP contribution in [-0.2, 0) is 16.2 Å². The molecule has 2 rings (SSSR count). The molecule has 0 amide bonds. The highest BCUT2D eigenvalue weighted by Crippen LogP contribution is 2.28. The number of halogens is 3. The number of hydrogen-bond acceptors (Lipinski definition) is 6. The van der Waals surface area contributed by atoms with Gasteiger partial charge in [0.15, 0.2) is 0 Å². The van der Waals surface area contributed by atoms with Crippen molar-refractivity contribution in [3.05, 3.63) is 47.7 Å². The molecule has 1 aromatic carbocycles. The van der Waals surface area contributed by atoms with Crippen LogP contribution >= 0.6 is 0 Å². The van der Waals surface area contributed by atoms with Crippen LogP contribution in [0, 0.1) is 11.3 Å². The summed E-state index contributed by atoms with van der Waals surface area (Å²) in [4.78, 5) is 3.50. The van der Waals surface area contributed by atoms with Gasteiger partial charge in [-0.3, -0.25) is 0 Å². The van der Waals surface area contributed by atoms with Gasteiger partial charge in [-0.15, -0.1) is 0 Å². The molecule has 4 N–H and O–H groups in total. The monoisotopic (exact) mass is 385 g/mol. The second-order valence-corrected chi connectivity index (χ2v) is 6.71. The van der Waals surface area contributed by atoms with Gasteiger partial charge in [-0.25, -0.2) is 18.5 Å². The van der Waals surface area contributed by atoms with E-state index < -0.39 is 21.8 Å². The molecule has 138 valence electrons. The number of primary sulfonamides is 1. The first kappa shape index (κ1) is 19.5. The first-order valence-corrected chi connectivity index (χ1v) is 8.74. The molecule has 1 heterocycles. The summed E-state index contributed by atoms with van der Waals surface area (Å²) in [6, 6.07) is 7.83. The summed E-state index contributed by atoms with van der Waals surface area (Å²) in [5, 5.41) is 19.8. The van der Waals surface area contributed by atoms with Gasteiger partial charge < -0.3 is 10.6 Å². The molecule has 0 aliphatic heterocycles. The fraction of sp³-hybridized carbons (Fsp3) is 0.200. The van der Waals surface area contributed by atoms with Crippen molar-refractivity contribution in [1.82, 2.24) is 4.98 Å². The number of pyridine rings is 1. The molecule has 11 heteroatoms. The molecule has 0 bridgehead atoms. The van der Waals surface area contributed by atoms with Crippen molar-refractivity contribution in [1.29, 1.82) is 5.26 Å². The highest BCUT2D eigenvalue weighted by atomic mass is 32.2. The Hall–Kier alpha value is -2.84. The number of anilines is 2. The largest absolute Gasteiger partial charge is 0.417 e. The Labute approximate surface area is 147 Å². The van der Waals surface area contributed by atoms with Gasteiger partial charge in [0.25, 0.3) is 0 Å². The van der Waals surface area contributed by atoms with E-state index in [2.05, 4.69) is 15.6 Å². The number of hydrogen-bond donors (Lipinski definition) is 3. The Kier molecular flexibility index (Phi) is 5.69. The topological polar surface area (TPSA) is 121 Å².